The van der Waals surface area contributed by atoms with Crippen molar-refractivity contribution in [3.63, 3.8) is 0 Å². The van der Waals surface area contributed by atoms with Gasteiger partial charge in [-0.05, 0) is 0 Å². The Hall–Kier alpha value is -1.69. The Morgan fingerprint density at radius 1 is 1.27 bits per heavy atom. The smallest absolute Gasteiger partial charge is 0.212 e. The molecule has 6 nitrogen and oxygen atoms in total. The molecule has 1 aliphatic rings. The van der Waals surface area contributed by atoms with Crippen LogP contribution in [0.2, 0.25) is 0 Å². The molecule has 1 N–H and O–H groups in total. The predicted octanol–water partition coefficient (Wildman–Crippen LogP) is -0.466. The lowest BCUT2D eigenvalue weighted by molar-refractivity contribution is 0.577. The molecule has 78 valence electrons. The van der Waals surface area contributed by atoms with E-state index in [-0.39, 0.29) is 0 Å². The van der Waals surface area contributed by atoms with Crippen molar-refractivity contribution in [3.8, 4) is 0 Å². The van der Waals surface area contributed by atoms with Crippen molar-refractivity contribution in [3.05, 3.63) is 18.6 Å². The molecule has 0 aromatic carbocycles. The minimum absolute atomic E-state index is 0.846. The molecule has 6 heteroatoms. The Morgan fingerprint density at radius 3 is 3.00 bits per heavy atom. The quantitative estimate of drug-likeness (QED) is 0.680. The van der Waals surface area contributed by atoms with Gasteiger partial charge in [0.05, 0.1) is 0 Å². The Kier molecular flexibility index (Phi) is 1.99. The van der Waals surface area contributed by atoms with E-state index in [0.29, 0.717) is 0 Å². The summed E-state index contributed by atoms with van der Waals surface area (Å²) in [6, 6.07) is 1.86. The standard InChI is InChI=1S/C9H12N6/c1-2-11-9(14-5-3-10-4-6-14)15-7-12-13-8(1)15/h1-2,7,10H,3-6H2. The molecule has 0 radical (unpaired) electrons. The van der Waals surface area contributed by atoms with Gasteiger partial charge in [0.25, 0.3) is 0 Å². The van der Waals surface area contributed by atoms with Gasteiger partial charge < -0.3 is 10.2 Å². The first kappa shape index (κ1) is 8.60. The number of rotatable bonds is 1. The summed E-state index contributed by atoms with van der Waals surface area (Å²) in [5.41, 5.74) is 0.846. The molecule has 0 unspecified atom stereocenters. The first-order valence-corrected chi connectivity index (χ1v) is 5.05. The van der Waals surface area contributed by atoms with Gasteiger partial charge in [0.2, 0.25) is 5.95 Å². The molecule has 1 aliphatic heterocycles. The van der Waals surface area contributed by atoms with Crippen LogP contribution < -0.4 is 10.2 Å². The molecule has 3 rings (SSSR count). The van der Waals surface area contributed by atoms with E-state index in [9.17, 15) is 0 Å². The Labute approximate surface area is 86.9 Å². The number of hydrogen-bond acceptors (Lipinski definition) is 5. The highest BCUT2D eigenvalue weighted by Crippen LogP contribution is 2.12. The Balaban J connectivity index is 2.05. The summed E-state index contributed by atoms with van der Waals surface area (Å²) in [5.74, 6) is 0.930. The third-order valence-electron chi connectivity index (χ3n) is 2.60. The van der Waals surface area contributed by atoms with Gasteiger partial charge in [-0.1, -0.05) is 0 Å². The lowest BCUT2D eigenvalue weighted by atomic mass is 10.4. The van der Waals surface area contributed by atoms with Gasteiger partial charge >= 0.3 is 0 Å². The third kappa shape index (κ3) is 1.42. The largest absolute Gasteiger partial charge is 0.339 e. The third-order valence-corrected chi connectivity index (χ3v) is 2.60. The van der Waals surface area contributed by atoms with Gasteiger partial charge in [0.15, 0.2) is 5.65 Å². The number of hydrogen-bond donors (Lipinski definition) is 1. The molecule has 2 aromatic rings. The van der Waals surface area contributed by atoms with Crippen LogP contribution in [0, 0.1) is 0 Å². The molecule has 1 fully saturated rings. The maximum absolute atomic E-state index is 4.38. The minimum atomic E-state index is 0.846. The zero-order valence-electron chi connectivity index (χ0n) is 8.30. The molecule has 0 atom stereocenters. The molecule has 0 spiro atoms. The predicted molar refractivity (Wildman–Crippen MR) is 55.9 cm³/mol. The molecule has 0 amide bonds. The van der Waals surface area contributed by atoms with Gasteiger partial charge in [0.1, 0.15) is 6.33 Å². The van der Waals surface area contributed by atoms with Crippen LogP contribution in [0.3, 0.4) is 0 Å². The number of fused-ring (bicyclic) bond motifs is 1. The Bertz CT molecular complexity index is 458. The summed E-state index contributed by atoms with van der Waals surface area (Å²) in [5, 5.41) is 11.2. The molecular weight excluding hydrogens is 192 g/mol. The fraction of sp³-hybridized carbons (Fsp3) is 0.444. The average molecular weight is 204 g/mol. The molecule has 3 heterocycles. The van der Waals surface area contributed by atoms with Crippen LogP contribution in [0.4, 0.5) is 5.95 Å². The van der Waals surface area contributed by atoms with Crippen LogP contribution in [0.5, 0.6) is 0 Å². The van der Waals surface area contributed by atoms with E-state index < -0.39 is 0 Å². The van der Waals surface area contributed by atoms with Gasteiger partial charge in [-0.2, -0.15) is 0 Å². The van der Waals surface area contributed by atoms with E-state index in [1.54, 1.807) is 12.5 Å². The second-order valence-corrected chi connectivity index (χ2v) is 3.54. The van der Waals surface area contributed by atoms with E-state index in [1.807, 2.05) is 10.5 Å². The van der Waals surface area contributed by atoms with E-state index in [4.69, 9.17) is 0 Å². The van der Waals surface area contributed by atoms with Gasteiger partial charge in [0, 0.05) is 38.4 Å². The zero-order valence-corrected chi connectivity index (χ0v) is 8.30. The SMILES string of the molecule is c1cc2nncn2c(N2CCNCC2)n1. The maximum Gasteiger partial charge on any atom is 0.212 e. The van der Waals surface area contributed by atoms with Gasteiger partial charge in [-0.15, -0.1) is 10.2 Å². The van der Waals surface area contributed by atoms with Crippen molar-refractivity contribution >= 4 is 11.6 Å². The van der Waals surface area contributed by atoms with Crippen LogP contribution in [-0.4, -0.2) is 45.8 Å². The van der Waals surface area contributed by atoms with E-state index in [0.717, 1.165) is 37.8 Å². The molecule has 15 heavy (non-hydrogen) atoms. The van der Waals surface area contributed by atoms with Gasteiger partial charge in [-0.25, -0.2) is 4.98 Å². The number of nitrogens with zero attached hydrogens (tertiary/aromatic N) is 5. The highest BCUT2D eigenvalue weighted by Gasteiger charge is 2.14. The average Bonchev–Trinajstić information content (AvgIpc) is 2.78. The van der Waals surface area contributed by atoms with Gasteiger partial charge in [-0.3, -0.25) is 4.40 Å². The molecule has 0 aliphatic carbocycles. The van der Waals surface area contributed by atoms with E-state index >= 15 is 0 Å². The number of aromatic nitrogens is 4. The van der Waals surface area contributed by atoms with Crippen molar-refractivity contribution in [1.29, 1.82) is 0 Å². The van der Waals surface area contributed by atoms with Crippen molar-refractivity contribution in [2.75, 3.05) is 31.1 Å². The first-order valence-electron chi connectivity index (χ1n) is 5.05. The lowest BCUT2D eigenvalue weighted by Gasteiger charge is -2.28. The van der Waals surface area contributed by atoms with Crippen LogP contribution in [0.15, 0.2) is 18.6 Å². The van der Waals surface area contributed by atoms with Crippen LogP contribution in [-0.2, 0) is 0 Å². The normalized spacial score (nSPS) is 17.2. The maximum atomic E-state index is 4.38. The number of piperazine rings is 1. The summed E-state index contributed by atoms with van der Waals surface area (Å²) in [7, 11) is 0. The van der Waals surface area contributed by atoms with E-state index in [1.165, 1.54) is 0 Å². The van der Waals surface area contributed by atoms with Crippen LogP contribution >= 0.6 is 0 Å². The molecule has 2 aromatic heterocycles. The fourth-order valence-electron chi connectivity index (χ4n) is 1.84. The second kappa shape index (κ2) is 3.47. The van der Waals surface area contributed by atoms with Crippen LogP contribution in [0.25, 0.3) is 5.65 Å². The van der Waals surface area contributed by atoms with E-state index in [2.05, 4.69) is 25.4 Å². The summed E-state index contributed by atoms with van der Waals surface area (Å²) in [6.07, 6.45) is 3.49. The van der Waals surface area contributed by atoms with Crippen molar-refractivity contribution < 1.29 is 0 Å². The topological polar surface area (TPSA) is 58.4 Å². The first-order chi connectivity index (χ1) is 7.45. The number of anilines is 1. The fourth-order valence-corrected chi connectivity index (χ4v) is 1.84. The highest BCUT2D eigenvalue weighted by atomic mass is 15.3. The summed E-state index contributed by atoms with van der Waals surface area (Å²) in [4.78, 5) is 6.63. The van der Waals surface area contributed by atoms with Crippen molar-refractivity contribution in [2.24, 2.45) is 0 Å². The lowest BCUT2D eigenvalue weighted by Crippen LogP contribution is -2.44. The summed E-state index contributed by atoms with van der Waals surface area (Å²) < 4.78 is 1.92. The second-order valence-electron chi connectivity index (χ2n) is 3.54. The summed E-state index contributed by atoms with van der Waals surface area (Å²) >= 11 is 0. The molecule has 1 saturated heterocycles. The monoisotopic (exact) mass is 204 g/mol. The molecule has 0 bridgehead atoms. The zero-order chi connectivity index (χ0) is 10.1. The van der Waals surface area contributed by atoms with Crippen molar-refractivity contribution in [2.45, 2.75) is 0 Å². The Morgan fingerprint density at radius 2 is 2.13 bits per heavy atom. The minimum Gasteiger partial charge on any atom is -0.339 e. The summed E-state index contributed by atoms with van der Waals surface area (Å²) in [6.45, 7) is 3.95. The van der Waals surface area contributed by atoms with Crippen LogP contribution in [0.1, 0.15) is 0 Å². The number of nitrogens with one attached hydrogen (secondary N) is 1. The molecule has 0 saturated carbocycles. The van der Waals surface area contributed by atoms with Crippen molar-refractivity contribution in [1.82, 2.24) is 24.9 Å². The highest BCUT2D eigenvalue weighted by molar-refractivity contribution is 5.45. The molecular formula is C9H12N6.